The van der Waals surface area contributed by atoms with Gasteiger partial charge < -0.3 is 10.5 Å². The number of nitrogens with two attached hydrogens (primary N) is 1. The van der Waals surface area contributed by atoms with E-state index in [1.165, 1.54) is 7.11 Å². The Hall–Kier alpha value is -1.68. The molecule has 0 saturated heterocycles. The average molecular weight is 263 g/mol. The maximum absolute atomic E-state index is 13.9. The fourth-order valence-electron chi connectivity index (χ4n) is 1.59. The molecule has 2 aromatic rings. The van der Waals surface area contributed by atoms with Gasteiger partial charge in [0, 0.05) is 21.9 Å². The van der Waals surface area contributed by atoms with Gasteiger partial charge in [-0.1, -0.05) is 18.2 Å². The van der Waals surface area contributed by atoms with Crippen molar-refractivity contribution in [3.05, 3.63) is 53.8 Å². The summed E-state index contributed by atoms with van der Waals surface area (Å²) in [4.78, 5) is 1.03. The minimum Gasteiger partial charge on any atom is -0.494 e. The number of thioether (sulfide) groups is 1. The molecule has 2 nitrogen and oxygen atoms in total. The Morgan fingerprint density at radius 2 is 2.00 bits per heavy atom. The van der Waals surface area contributed by atoms with E-state index in [-0.39, 0.29) is 11.6 Å². The molecule has 18 heavy (non-hydrogen) atoms. The molecule has 0 aliphatic rings. The van der Waals surface area contributed by atoms with E-state index in [2.05, 4.69) is 0 Å². The molecule has 0 radical (unpaired) electrons. The van der Waals surface area contributed by atoms with Crippen LogP contribution >= 0.6 is 11.8 Å². The normalized spacial score (nSPS) is 10.3. The summed E-state index contributed by atoms with van der Waals surface area (Å²) in [5.74, 6) is 0.532. The van der Waals surface area contributed by atoms with Crippen molar-refractivity contribution < 1.29 is 9.13 Å². The highest BCUT2D eigenvalue weighted by Gasteiger charge is 2.08. The zero-order chi connectivity index (χ0) is 13.0. The molecule has 2 rings (SSSR count). The van der Waals surface area contributed by atoms with Crippen LogP contribution in [0, 0.1) is 5.82 Å². The van der Waals surface area contributed by atoms with Crippen molar-refractivity contribution in [2.24, 2.45) is 0 Å². The number of ether oxygens (including phenoxy) is 1. The van der Waals surface area contributed by atoms with Gasteiger partial charge >= 0.3 is 0 Å². The molecule has 0 heterocycles. The lowest BCUT2D eigenvalue weighted by Gasteiger charge is -2.07. The van der Waals surface area contributed by atoms with Crippen molar-refractivity contribution in [2.75, 3.05) is 12.8 Å². The molecule has 0 aliphatic carbocycles. The molecule has 0 spiro atoms. The molecule has 0 fully saturated rings. The molecule has 0 aromatic heterocycles. The van der Waals surface area contributed by atoms with Crippen LogP contribution in [0.1, 0.15) is 5.56 Å². The van der Waals surface area contributed by atoms with Crippen molar-refractivity contribution in [1.82, 2.24) is 0 Å². The molecule has 2 N–H and O–H groups in total. The third kappa shape index (κ3) is 2.96. The zero-order valence-corrected chi connectivity index (χ0v) is 10.8. The van der Waals surface area contributed by atoms with E-state index in [1.807, 2.05) is 24.3 Å². The van der Waals surface area contributed by atoms with Crippen LogP contribution in [0.2, 0.25) is 0 Å². The summed E-state index contributed by atoms with van der Waals surface area (Å²) < 4.78 is 18.8. The molecule has 94 valence electrons. The number of methoxy groups -OCH3 is 1. The first-order valence-corrected chi connectivity index (χ1v) is 6.49. The maximum Gasteiger partial charge on any atom is 0.169 e. The van der Waals surface area contributed by atoms with Gasteiger partial charge in [0.1, 0.15) is 0 Å². The minimum atomic E-state index is -0.295. The highest BCUT2D eigenvalue weighted by Crippen LogP contribution is 2.28. The second kappa shape index (κ2) is 5.78. The molecule has 0 unspecified atom stereocenters. The Labute approximate surface area is 110 Å². The topological polar surface area (TPSA) is 35.2 Å². The molecule has 0 amide bonds. The Morgan fingerprint density at radius 1 is 1.22 bits per heavy atom. The first kappa shape index (κ1) is 12.8. The van der Waals surface area contributed by atoms with Gasteiger partial charge in [0.15, 0.2) is 11.6 Å². The molecule has 4 heteroatoms. The summed E-state index contributed by atoms with van der Waals surface area (Å²) in [5.41, 5.74) is 7.04. The van der Waals surface area contributed by atoms with Crippen LogP contribution in [0.5, 0.6) is 5.75 Å². The summed E-state index contributed by atoms with van der Waals surface area (Å²) in [5, 5.41) is 0. The third-order valence-electron chi connectivity index (χ3n) is 2.52. The zero-order valence-electron chi connectivity index (χ0n) is 10.0. The predicted octanol–water partition coefficient (Wildman–Crippen LogP) is 3.71. The van der Waals surface area contributed by atoms with Crippen LogP contribution in [0.3, 0.4) is 0 Å². The summed E-state index contributed by atoms with van der Waals surface area (Å²) in [6.45, 7) is 0. The van der Waals surface area contributed by atoms with Crippen LogP contribution in [0.4, 0.5) is 10.1 Å². The first-order valence-electron chi connectivity index (χ1n) is 5.50. The number of benzene rings is 2. The van der Waals surface area contributed by atoms with Gasteiger partial charge in [-0.25, -0.2) is 4.39 Å². The Bertz CT molecular complexity index is 545. The summed E-state index contributed by atoms with van der Waals surface area (Å²) in [6, 6.07) is 12.7. The number of hydrogen-bond acceptors (Lipinski definition) is 3. The van der Waals surface area contributed by atoms with Gasteiger partial charge in [0.25, 0.3) is 0 Å². The van der Waals surface area contributed by atoms with Gasteiger partial charge in [-0.2, -0.15) is 0 Å². The SMILES string of the molecule is COc1cccc(CSc2cccc(N)c2)c1F. The quantitative estimate of drug-likeness (QED) is 0.674. The van der Waals surface area contributed by atoms with E-state index in [0.717, 1.165) is 4.90 Å². The predicted molar refractivity (Wildman–Crippen MR) is 73.4 cm³/mol. The van der Waals surface area contributed by atoms with Gasteiger partial charge in [-0.3, -0.25) is 0 Å². The molecular weight excluding hydrogens is 249 g/mol. The standard InChI is InChI=1S/C14H14FNOS/c1-17-13-7-2-4-10(14(13)15)9-18-12-6-3-5-11(16)8-12/h2-8H,9,16H2,1H3. The highest BCUT2D eigenvalue weighted by molar-refractivity contribution is 7.98. The number of halogens is 1. The maximum atomic E-state index is 13.9. The van der Waals surface area contributed by atoms with Gasteiger partial charge in [0.05, 0.1) is 7.11 Å². The van der Waals surface area contributed by atoms with Crippen LogP contribution in [-0.4, -0.2) is 7.11 Å². The second-order valence-corrected chi connectivity index (χ2v) is 4.84. The largest absolute Gasteiger partial charge is 0.494 e. The second-order valence-electron chi connectivity index (χ2n) is 3.79. The van der Waals surface area contributed by atoms with Gasteiger partial charge in [-0.15, -0.1) is 11.8 Å². The first-order chi connectivity index (χ1) is 8.70. The van der Waals surface area contributed by atoms with Crippen molar-refractivity contribution in [3.63, 3.8) is 0 Å². The average Bonchev–Trinajstić information content (AvgIpc) is 2.38. The van der Waals surface area contributed by atoms with Crippen LogP contribution in [0.15, 0.2) is 47.4 Å². The lowest BCUT2D eigenvalue weighted by atomic mass is 10.2. The molecular formula is C14H14FNOS. The van der Waals surface area contributed by atoms with Crippen molar-refractivity contribution in [3.8, 4) is 5.75 Å². The number of nitrogen functional groups attached to an aromatic ring is 1. The van der Waals surface area contributed by atoms with E-state index in [4.69, 9.17) is 10.5 Å². The van der Waals surface area contributed by atoms with E-state index < -0.39 is 0 Å². The summed E-state index contributed by atoms with van der Waals surface area (Å²) >= 11 is 1.55. The lowest BCUT2D eigenvalue weighted by Crippen LogP contribution is -1.93. The van der Waals surface area contributed by atoms with Crippen LogP contribution < -0.4 is 10.5 Å². The van der Waals surface area contributed by atoms with E-state index in [0.29, 0.717) is 17.0 Å². The number of hydrogen-bond donors (Lipinski definition) is 1. The minimum absolute atomic E-state index is 0.278. The van der Waals surface area contributed by atoms with Crippen molar-refractivity contribution in [2.45, 2.75) is 10.6 Å². The van der Waals surface area contributed by atoms with Crippen LogP contribution in [-0.2, 0) is 5.75 Å². The smallest absolute Gasteiger partial charge is 0.169 e. The third-order valence-corrected chi connectivity index (χ3v) is 3.56. The van der Waals surface area contributed by atoms with E-state index in [1.54, 1.807) is 30.0 Å². The van der Waals surface area contributed by atoms with Gasteiger partial charge in [0.2, 0.25) is 0 Å². The summed E-state index contributed by atoms with van der Waals surface area (Å²) in [7, 11) is 1.47. The molecule has 0 bridgehead atoms. The molecule has 0 saturated carbocycles. The monoisotopic (exact) mass is 263 g/mol. The van der Waals surface area contributed by atoms with Crippen molar-refractivity contribution in [1.29, 1.82) is 0 Å². The number of rotatable bonds is 4. The van der Waals surface area contributed by atoms with E-state index in [9.17, 15) is 4.39 Å². The highest BCUT2D eigenvalue weighted by atomic mass is 32.2. The fourth-order valence-corrected chi connectivity index (χ4v) is 2.53. The van der Waals surface area contributed by atoms with Crippen LogP contribution in [0.25, 0.3) is 0 Å². The van der Waals surface area contributed by atoms with E-state index >= 15 is 0 Å². The lowest BCUT2D eigenvalue weighted by molar-refractivity contribution is 0.385. The number of anilines is 1. The molecule has 2 aromatic carbocycles. The molecule has 0 aliphatic heterocycles. The Balaban J connectivity index is 2.11. The summed E-state index contributed by atoms with van der Waals surface area (Å²) in [6.07, 6.45) is 0. The Kier molecular flexibility index (Phi) is 4.10. The van der Waals surface area contributed by atoms with Crippen molar-refractivity contribution >= 4 is 17.4 Å². The Morgan fingerprint density at radius 3 is 2.72 bits per heavy atom. The fraction of sp³-hybridized carbons (Fsp3) is 0.143. The van der Waals surface area contributed by atoms with Gasteiger partial charge in [-0.05, 0) is 24.3 Å². The molecule has 0 atom stereocenters.